The summed E-state index contributed by atoms with van der Waals surface area (Å²) in [5.41, 5.74) is -0.493. The summed E-state index contributed by atoms with van der Waals surface area (Å²) >= 11 is 0. The second-order valence-corrected chi connectivity index (χ2v) is 2.73. The van der Waals surface area contributed by atoms with Crippen molar-refractivity contribution in [2.75, 3.05) is 6.61 Å². The molecule has 1 aliphatic heterocycles. The third kappa shape index (κ3) is 1.18. The first kappa shape index (κ1) is 7.27. The molecule has 0 aromatic carbocycles. The van der Waals surface area contributed by atoms with E-state index in [2.05, 4.69) is 4.84 Å². The van der Waals surface area contributed by atoms with Crippen molar-refractivity contribution in [3.63, 3.8) is 0 Å². The van der Waals surface area contributed by atoms with Crippen LogP contribution in [0.25, 0.3) is 0 Å². The van der Waals surface area contributed by atoms with Crippen LogP contribution in [0.1, 0.15) is 13.8 Å². The van der Waals surface area contributed by atoms with E-state index >= 15 is 0 Å². The van der Waals surface area contributed by atoms with Gasteiger partial charge in [-0.1, -0.05) is 0 Å². The van der Waals surface area contributed by atoms with Gasteiger partial charge in [-0.05, 0) is 13.8 Å². The van der Waals surface area contributed by atoms with E-state index in [0.717, 1.165) is 0 Å². The molecule has 5 heteroatoms. The predicted octanol–water partition coefficient (Wildman–Crippen LogP) is 0.372. The fraction of sp³-hybridized carbons (Fsp3) is 1.00. The summed E-state index contributed by atoms with van der Waals surface area (Å²) in [6, 6.07) is 0. The highest BCUT2D eigenvalue weighted by Gasteiger charge is 2.42. The van der Waals surface area contributed by atoms with Crippen molar-refractivity contribution in [2.45, 2.75) is 25.6 Å². The number of hydrogen-bond donors (Lipinski definition) is 0. The van der Waals surface area contributed by atoms with Gasteiger partial charge in [0.2, 0.25) is 0 Å². The van der Waals surface area contributed by atoms with Crippen LogP contribution < -0.4 is 0 Å². The number of rotatable bonds is 2. The molecule has 5 nitrogen and oxygen atoms in total. The van der Waals surface area contributed by atoms with Crippen LogP contribution >= 0.6 is 0 Å². The Balaban J connectivity index is 2.37. The van der Waals surface area contributed by atoms with Gasteiger partial charge in [0.25, 0.3) is 5.09 Å². The number of nitrogens with zero attached hydrogens (tertiary/aromatic N) is 1. The molecule has 0 bridgehead atoms. The largest absolute Gasteiger partial charge is 0.371 e. The molecule has 0 radical (unpaired) electrons. The van der Waals surface area contributed by atoms with Gasteiger partial charge in [-0.2, -0.15) is 0 Å². The molecular weight excluding hydrogens is 138 g/mol. The molecular formula is C5H9NO4. The summed E-state index contributed by atoms with van der Waals surface area (Å²) in [4.78, 5) is 14.1. The Morgan fingerprint density at radius 1 is 1.80 bits per heavy atom. The summed E-state index contributed by atoms with van der Waals surface area (Å²) in [7, 11) is 0. The van der Waals surface area contributed by atoms with Crippen molar-refractivity contribution in [3.8, 4) is 0 Å². The van der Waals surface area contributed by atoms with Crippen molar-refractivity contribution in [3.05, 3.63) is 10.1 Å². The van der Waals surface area contributed by atoms with Crippen molar-refractivity contribution in [2.24, 2.45) is 0 Å². The zero-order valence-electron chi connectivity index (χ0n) is 5.86. The molecule has 0 N–H and O–H groups in total. The second kappa shape index (κ2) is 2.09. The number of ether oxygens (including phenoxy) is 1. The molecule has 1 unspecified atom stereocenters. The minimum absolute atomic E-state index is 0.313. The SMILES string of the molecule is CC1(C)OCC1O[N+](=O)[O-]. The summed E-state index contributed by atoms with van der Waals surface area (Å²) in [5.74, 6) is 0. The quantitative estimate of drug-likeness (QED) is 0.418. The molecule has 1 heterocycles. The minimum atomic E-state index is -0.783. The molecule has 0 aromatic rings. The van der Waals surface area contributed by atoms with Gasteiger partial charge in [-0.15, -0.1) is 10.1 Å². The molecule has 1 aliphatic rings. The topological polar surface area (TPSA) is 61.6 Å². The molecule has 58 valence electrons. The molecule has 0 amide bonds. The van der Waals surface area contributed by atoms with Gasteiger partial charge < -0.3 is 9.57 Å². The minimum Gasteiger partial charge on any atom is -0.371 e. The smallest absolute Gasteiger partial charge is 0.294 e. The van der Waals surface area contributed by atoms with Crippen LogP contribution in [0.15, 0.2) is 0 Å². The van der Waals surface area contributed by atoms with E-state index in [1.165, 1.54) is 0 Å². The maximum Gasteiger partial charge on any atom is 0.294 e. The van der Waals surface area contributed by atoms with Gasteiger partial charge in [0.1, 0.15) is 0 Å². The van der Waals surface area contributed by atoms with Crippen molar-refractivity contribution < 1.29 is 14.7 Å². The van der Waals surface area contributed by atoms with E-state index in [1.807, 2.05) is 0 Å². The maximum atomic E-state index is 9.82. The highest BCUT2D eigenvalue weighted by Crippen LogP contribution is 2.27. The van der Waals surface area contributed by atoms with Crippen LogP contribution in [0.4, 0.5) is 0 Å². The fourth-order valence-electron chi connectivity index (χ4n) is 0.746. The first-order valence-corrected chi connectivity index (χ1v) is 2.97. The summed E-state index contributed by atoms with van der Waals surface area (Å²) < 4.78 is 5.00. The zero-order chi connectivity index (χ0) is 7.78. The second-order valence-electron chi connectivity index (χ2n) is 2.73. The molecule has 1 atom stereocenters. The van der Waals surface area contributed by atoms with Gasteiger partial charge in [0.05, 0.1) is 12.2 Å². The van der Waals surface area contributed by atoms with Crippen LogP contribution in [-0.2, 0) is 9.57 Å². The van der Waals surface area contributed by atoms with Crippen LogP contribution in [0.2, 0.25) is 0 Å². The van der Waals surface area contributed by atoms with E-state index in [0.29, 0.717) is 6.61 Å². The Bertz CT molecular complexity index is 156. The molecule has 0 spiro atoms. The summed E-state index contributed by atoms with van der Waals surface area (Å²) in [6.45, 7) is 3.82. The van der Waals surface area contributed by atoms with Gasteiger partial charge in [-0.3, -0.25) is 0 Å². The fourth-order valence-corrected chi connectivity index (χ4v) is 0.746. The standard InChI is InChI=1S/C5H9NO4/c1-5(2)4(3-9-5)10-6(7)8/h4H,3H2,1-2H3. The summed E-state index contributed by atoms with van der Waals surface area (Å²) in [5, 5.41) is 9.04. The predicted molar refractivity (Wildman–Crippen MR) is 31.9 cm³/mol. The normalized spacial score (nSPS) is 28.8. The molecule has 10 heavy (non-hydrogen) atoms. The Morgan fingerprint density at radius 2 is 2.40 bits per heavy atom. The van der Waals surface area contributed by atoms with Gasteiger partial charge in [0.15, 0.2) is 6.10 Å². The zero-order valence-corrected chi connectivity index (χ0v) is 5.86. The maximum absolute atomic E-state index is 9.82. The molecule has 0 aliphatic carbocycles. The number of hydrogen-bond acceptors (Lipinski definition) is 4. The van der Waals surface area contributed by atoms with Crippen LogP contribution in [0.5, 0.6) is 0 Å². The lowest BCUT2D eigenvalue weighted by molar-refractivity contribution is -0.779. The third-order valence-corrected chi connectivity index (χ3v) is 1.60. The molecule has 0 saturated carbocycles. The highest BCUT2D eigenvalue weighted by atomic mass is 17.0. The lowest BCUT2D eigenvalue weighted by Gasteiger charge is -2.41. The third-order valence-electron chi connectivity index (χ3n) is 1.60. The van der Waals surface area contributed by atoms with Crippen LogP contribution in [0, 0.1) is 10.1 Å². The molecule has 1 fully saturated rings. The lowest BCUT2D eigenvalue weighted by atomic mass is 9.97. The molecule has 0 aromatic heterocycles. The van der Waals surface area contributed by atoms with Gasteiger partial charge in [-0.25, -0.2) is 0 Å². The van der Waals surface area contributed by atoms with E-state index in [-0.39, 0.29) is 0 Å². The average molecular weight is 147 g/mol. The summed E-state index contributed by atoms with van der Waals surface area (Å²) in [6.07, 6.45) is -0.400. The Labute approximate surface area is 58.0 Å². The Kier molecular flexibility index (Phi) is 1.52. The molecule has 1 rings (SSSR count). The van der Waals surface area contributed by atoms with Gasteiger partial charge >= 0.3 is 0 Å². The first-order valence-electron chi connectivity index (χ1n) is 2.97. The Morgan fingerprint density at radius 3 is 2.50 bits per heavy atom. The van der Waals surface area contributed by atoms with Crippen LogP contribution in [0.3, 0.4) is 0 Å². The van der Waals surface area contributed by atoms with Crippen LogP contribution in [-0.4, -0.2) is 23.4 Å². The van der Waals surface area contributed by atoms with E-state index in [9.17, 15) is 10.1 Å². The van der Waals surface area contributed by atoms with Gasteiger partial charge in [0, 0.05) is 0 Å². The van der Waals surface area contributed by atoms with Crippen molar-refractivity contribution >= 4 is 0 Å². The average Bonchev–Trinajstić information content (AvgIpc) is 1.81. The Hall–Kier alpha value is -0.840. The van der Waals surface area contributed by atoms with E-state index in [4.69, 9.17) is 4.74 Å². The van der Waals surface area contributed by atoms with E-state index in [1.54, 1.807) is 13.8 Å². The first-order chi connectivity index (χ1) is 4.52. The lowest BCUT2D eigenvalue weighted by Crippen LogP contribution is -2.55. The van der Waals surface area contributed by atoms with Crippen molar-refractivity contribution in [1.29, 1.82) is 0 Å². The monoisotopic (exact) mass is 147 g/mol. The van der Waals surface area contributed by atoms with Crippen molar-refractivity contribution in [1.82, 2.24) is 0 Å². The molecule has 1 saturated heterocycles. The highest BCUT2D eigenvalue weighted by molar-refractivity contribution is 4.87. The van der Waals surface area contributed by atoms with E-state index < -0.39 is 16.8 Å².